The van der Waals surface area contributed by atoms with Crippen LogP contribution in [0.2, 0.25) is 0 Å². The average molecular weight is 454 g/mol. The van der Waals surface area contributed by atoms with Crippen molar-refractivity contribution in [3.63, 3.8) is 0 Å². The molecule has 1 fully saturated rings. The second-order valence-corrected chi connectivity index (χ2v) is 7.83. The molecule has 4 heterocycles. The minimum atomic E-state index is -2.72. The molecule has 4 aromatic rings. The van der Waals surface area contributed by atoms with Gasteiger partial charge in [-0.2, -0.15) is 9.61 Å². The number of ether oxygens (including phenoxy) is 1. The van der Waals surface area contributed by atoms with Crippen LogP contribution in [-0.2, 0) is 13.5 Å². The molecule has 1 saturated heterocycles. The minimum Gasteiger partial charge on any atom is -0.493 e. The van der Waals surface area contributed by atoms with Crippen LogP contribution in [0, 0.1) is 0 Å². The summed E-state index contributed by atoms with van der Waals surface area (Å²) >= 11 is 0. The maximum atomic E-state index is 13.1. The zero-order chi connectivity index (χ0) is 22.8. The molecule has 0 amide bonds. The third-order valence-corrected chi connectivity index (χ3v) is 5.82. The summed E-state index contributed by atoms with van der Waals surface area (Å²) in [7, 11) is 1.92. The normalized spacial score (nSPS) is 14.4. The van der Waals surface area contributed by atoms with Gasteiger partial charge in [0, 0.05) is 57.2 Å². The molecule has 0 N–H and O–H groups in total. The topological polar surface area (TPSA) is 76.6 Å². The van der Waals surface area contributed by atoms with Crippen LogP contribution in [0.4, 0.5) is 20.3 Å². The number of anilines is 2. The number of hydrogen-bond acceptors (Lipinski definition) is 7. The summed E-state index contributed by atoms with van der Waals surface area (Å²) in [4.78, 5) is 4.37. The Hall–Kier alpha value is -3.76. The van der Waals surface area contributed by atoms with Crippen molar-refractivity contribution in [1.29, 1.82) is 0 Å². The Morgan fingerprint density at radius 3 is 2.39 bits per heavy atom. The number of aromatic nitrogens is 6. The van der Waals surface area contributed by atoms with Gasteiger partial charge in [-0.15, -0.1) is 15.3 Å². The quantitative estimate of drug-likeness (QED) is 0.425. The Morgan fingerprint density at radius 1 is 0.939 bits per heavy atom. The molecule has 11 heteroatoms. The number of alkyl halides is 2. The van der Waals surface area contributed by atoms with Gasteiger partial charge in [0.2, 0.25) is 5.82 Å². The van der Waals surface area contributed by atoms with E-state index in [2.05, 4.69) is 42.3 Å². The van der Waals surface area contributed by atoms with Crippen LogP contribution in [0.5, 0.6) is 5.75 Å². The summed E-state index contributed by atoms with van der Waals surface area (Å²) in [5.41, 5.74) is 2.57. The largest absolute Gasteiger partial charge is 0.493 e. The number of aryl methyl sites for hydroxylation is 1. The summed E-state index contributed by atoms with van der Waals surface area (Å²) < 4.78 is 35.1. The molecule has 172 valence electrons. The molecule has 1 aliphatic rings. The molecular formula is C22H24F2N8O. The van der Waals surface area contributed by atoms with Crippen molar-refractivity contribution in [2.45, 2.75) is 12.8 Å². The fraction of sp³-hybridized carbons (Fsp3) is 0.364. The lowest BCUT2D eigenvalue weighted by Gasteiger charge is -2.36. The number of rotatable bonds is 7. The van der Waals surface area contributed by atoms with E-state index >= 15 is 0 Å². The third kappa shape index (κ3) is 4.43. The lowest BCUT2D eigenvalue weighted by atomic mass is 10.2. The van der Waals surface area contributed by atoms with E-state index in [4.69, 9.17) is 4.74 Å². The highest BCUT2D eigenvalue weighted by Gasteiger charge is 2.21. The van der Waals surface area contributed by atoms with E-state index in [9.17, 15) is 8.78 Å². The van der Waals surface area contributed by atoms with Gasteiger partial charge in [-0.05, 0) is 42.5 Å². The Kier molecular flexibility index (Phi) is 5.76. The highest BCUT2D eigenvalue weighted by molar-refractivity contribution is 5.52. The zero-order valence-corrected chi connectivity index (χ0v) is 18.2. The maximum absolute atomic E-state index is 13.1. The van der Waals surface area contributed by atoms with Crippen LogP contribution >= 0.6 is 0 Å². The van der Waals surface area contributed by atoms with Crippen LogP contribution in [0.3, 0.4) is 0 Å². The van der Waals surface area contributed by atoms with Crippen LogP contribution in [0.25, 0.3) is 5.65 Å². The highest BCUT2D eigenvalue weighted by Crippen LogP contribution is 2.23. The summed E-state index contributed by atoms with van der Waals surface area (Å²) in [5.74, 6) is 1.04. The predicted octanol–water partition coefficient (Wildman–Crippen LogP) is 2.74. The maximum Gasteiger partial charge on any atom is 0.299 e. The number of piperazine rings is 1. The first kappa shape index (κ1) is 21.1. The van der Waals surface area contributed by atoms with Gasteiger partial charge in [0.15, 0.2) is 5.65 Å². The smallest absolute Gasteiger partial charge is 0.299 e. The van der Waals surface area contributed by atoms with Crippen molar-refractivity contribution in [1.82, 2.24) is 29.6 Å². The fourth-order valence-electron chi connectivity index (χ4n) is 3.97. The zero-order valence-electron chi connectivity index (χ0n) is 18.2. The van der Waals surface area contributed by atoms with Crippen molar-refractivity contribution in [2.24, 2.45) is 7.05 Å². The summed E-state index contributed by atoms with van der Waals surface area (Å²) in [5, 5.41) is 15.8. The third-order valence-electron chi connectivity index (χ3n) is 5.82. The molecule has 3 aromatic heterocycles. The van der Waals surface area contributed by atoms with E-state index in [-0.39, 0.29) is 0 Å². The molecule has 0 radical (unpaired) electrons. The number of benzene rings is 1. The van der Waals surface area contributed by atoms with E-state index in [0.29, 0.717) is 18.1 Å². The Labute approximate surface area is 189 Å². The number of halogens is 2. The van der Waals surface area contributed by atoms with Crippen molar-refractivity contribution >= 4 is 17.2 Å². The van der Waals surface area contributed by atoms with E-state index in [1.165, 1.54) is 0 Å². The van der Waals surface area contributed by atoms with Crippen LogP contribution in [-0.4, -0.2) is 62.4 Å². The molecule has 1 aliphatic heterocycles. The van der Waals surface area contributed by atoms with Crippen molar-refractivity contribution in [2.75, 3.05) is 42.6 Å². The van der Waals surface area contributed by atoms with Gasteiger partial charge in [-0.3, -0.25) is 4.68 Å². The summed E-state index contributed by atoms with van der Waals surface area (Å²) in [6.45, 7) is 3.64. The molecule has 0 aliphatic carbocycles. The molecule has 0 saturated carbocycles. The molecule has 33 heavy (non-hydrogen) atoms. The Morgan fingerprint density at radius 2 is 1.70 bits per heavy atom. The summed E-state index contributed by atoms with van der Waals surface area (Å²) in [6.07, 6.45) is -0.136. The first-order valence-electron chi connectivity index (χ1n) is 10.8. The number of hydrogen-bond donors (Lipinski definition) is 0. The van der Waals surface area contributed by atoms with Gasteiger partial charge in [-0.25, -0.2) is 8.78 Å². The minimum absolute atomic E-state index is 0.315. The van der Waals surface area contributed by atoms with Gasteiger partial charge in [-0.1, -0.05) is 0 Å². The van der Waals surface area contributed by atoms with Crippen LogP contribution < -0.4 is 14.5 Å². The van der Waals surface area contributed by atoms with Crippen molar-refractivity contribution in [3.05, 3.63) is 60.2 Å². The molecule has 1 aromatic carbocycles. The van der Waals surface area contributed by atoms with Gasteiger partial charge in [0.05, 0.1) is 6.61 Å². The van der Waals surface area contributed by atoms with Crippen molar-refractivity contribution in [3.8, 4) is 5.75 Å². The monoisotopic (exact) mass is 454 g/mol. The van der Waals surface area contributed by atoms with Crippen LogP contribution in [0.1, 0.15) is 17.9 Å². The van der Waals surface area contributed by atoms with Gasteiger partial charge >= 0.3 is 0 Å². The first-order chi connectivity index (χ1) is 16.1. The molecule has 0 bridgehead atoms. The Bertz CT molecular complexity index is 1210. The molecule has 0 spiro atoms. The molecule has 9 nitrogen and oxygen atoms in total. The fourth-order valence-corrected chi connectivity index (χ4v) is 3.97. The second kappa shape index (κ2) is 9.00. The second-order valence-electron chi connectivity index (χ2n) is 7.83. The molecular weight excluding hydrogens is 430 g/mol. The van der Waals surface area contributed by atoms with Crippen molar-refractivity contribution < 1.29 is 13.5 Å². The van der Waals surface area contributed by atoms with E-state index < -0.39 is 12.2 Å². The summed E-state index contributed by atoms with van der Waals surface area (Å²) in [6, 6.07) is 13.5. The lowest BCUT2D eigenvalue weighted by molar-refractivity contribution is 0.137. The average Bonchev–Trinajstić information content (AvgIpc) is 3.45. The van der Waals surface area contributed by atoms with Gasteiger partial charge in [0.1, 0.15) is 11.6 Å². The lowest BCUT2D eigenvalue weighted by Crippen LogP contribution is -2.47. The molecule has 0 unspecified atom stereocenters. The first-order valence-corrected chi connectivity index (χ1v) is 10.8. The van der Waals surface area contributed by atoms with E-state index in [1.807, 2.05) is 29.9 Å². The van der Waals surface area contributed by atoms with Gasteiger partial charge < -0.3 is 14.5 Å². The highest BCUT2D eigenvalue weighted by atomic mass is 19.3. The predicted molar refractivity (Wildman–Crippen MR) is 119 cm³/mol. The standard InChI is InChI=1S/C22H24F2N8O/c1-29-16(8-10-25-29)9-15-33-18-4-2-17(3-5-18)30-11-13-31(14-12-30)20-7-6-19-26-27-22(21(23)24)32(19)28-20/h2-8,10,21H,9,11-15H2,1H3. The van der Waals surface area contributed by atoms with Crippen LogP contribution in [0.15, 0.2) is 48.7 Å². The molecule has 5 rings (SSSR count). The van der Waals surface area contributed by atoms with Gasteiger partial charge in [0.25, 0.3) is 6.43 Å². The molecule has 0 atom stereocenters. The number of fused-ring (bicyclic) bond motifs is 1. The van der Waals surface area contributed by atoms with E-state index in [1.54, 1.807) is 18.3 Å². The van der Waals surface area contributed by atoms with E-state index in [0.717, 1.165) is 54.2 Å². The Balaban J connectivity index is 1.17. The SMILES string of the molecule is Cn1nccc1CCOc1ccc(N2CCN(c3ccc4nnc(C(F)F)n4n3)CC2)cc1. The number of nitrogens with zero attached hydrogens (tertiary/aromatic N) is 8.